The van der Waals surface area contributed by atoms with Crippen LogP contribution in [0.2, 0.25) is 0 Å². The molecule has 1 heterocycles. The molecule has 7 heteroatoms. The van der Waals surface area contributed by atoms with Crippen molar-refractivity contribution in [1.82, 2.24) is 9.55 Å². The van der Waals surface area contributed by atoms with Crippen LogP contribution in [-0.4, -0.2) is 26.7 Å². The highest BCUT2D eigenvalue weighted by atomic mass is 19.1. The summed E-state index contributed by atoms with van der Waals surface area (Å²) in [4.78, 5) is 15.1. The van der Waals surface area contributed by atoms with Crippen LogP contribution in [0, 0.1) is 5.82 Å². The summed E-state index contributed by atoms with van der Waals surface area (Å²) in [6.07, 6.45) is 5.12. The molecule has 2 rings (SSSR count). The molecule has 0 saturated heterocycles. The zero-order valence-corrected chi connectivity index (χ0v) is 10.9. The molecule has 2 aromatic rings. The zero-order chi connectivity index (χ0) is 14.7. The molecule has 0 aliphatic carbocycles. The first kappa shape index (κ1) is 13.9. The standard InChI is InChI=1S/C13H15FN4O2/c1-8(6-18-5-4-16-7-18)17-10-3-2-9(14)12(15)11(10)13(19)20/h2-5,7-8,17H,6,15H2,1H3,(H,19,20). The molecule has 0 radical (unpaired) electrons. The van der Waals surface area contributed by atoms with Crippen molar-refractivity contribution in [2.45, 2.75) is 19.5 Å². The lowest BCUT2D eigenvalue weighted by Gasteiger charge is -2.18. The number of nitrogens with two attached hydrogens (primary N) is 1. The number of aromatic nitrogens is 2. The monoisotopic (exact) mass is 278 g/mol. The van der Waals surface area contributed by atoms with Crippen LogP contribution in [0.1, 0.15) is 17.3 Å². The second kappa shape index (κ2) is 5.60. The smallest absolute Gasteiger partial charge is 0.340 e. The number of rotatable bonds is 5. The minimum atomic E-state index is -1.26. The van der Waals surface area contributed by atoms with E-state index in [1.54, 1.807) is 18.7 Å². The first-order chi connectivity index (χ1) is 9.49. The van der Waals surface area contributed by atoms with Crippen molar-refractivity contribution in [1.29, 1.82) is 0 Å². The molecular weight excluding hydrogens is 263 g/mol. The molecule has 0 amide bonds. The lowest BCUT2D eigenvalue weighted by atomic mass is 10.1. The van der Waals surface area contributed by atoms with Crippen molar-refractivity contribution in [3.8, 4) is 0 Å². The van der Waals surface area contributed by atoms with Gasteiger partial charge in [0.2, 0.25) is 0 Å². The van der Waals surface area contributed by atoms with Crippen LogP contribution in [0.25, 0.3) is 0 Å². The Hall–Kier alpha value is -2.57. The normalized spacial score (nSPS) is 12.1. The van der Waals surface area contributed by atoms with Crippen molar-refractivity contribution in [2.75, 3.05) is 11.1 Å². The molecule has 1 unspecified atom stereocenters. The Morgan fingerprint density at radius 1 is 1.60 bits per heavy atom. The Kier molecular flexibility index (Phi) is 3.88. The van der Waals surface area contributed by atoms with Gasteiger partial charge >= 0.3 is 5.97 Å². The second-order valence-electron chi connectivity index (χ2n) is 4.49. The number of aromatic carboxylic acids is 1. The molecule has 1 aromatic carbocycles. The number of hydrogen-bond acceptors (Lipinski definition) is 4. The van der Waals surface area contributed by atoms with E-state index < -0.39 is 11.8 Å². The molecule has 6 nitrogen and oxygen atoms in total. The van der Waals surface area contributed by atoms with Crippen LogP contribution < -0.4 is 11.1 Å². The van der Waals surface area contributed by atoms with Gasteiger partial charge in [0.15, 0.2) is 0 Å². The average Bonchev–Trinajstić information content (AvgIpc) is 2.86. The van der Waals surface area contributed by atoms with Crippen molar-refractivity contribution in [3.05, 3.63) is 42.2 Å². The van der Waals surface area contributed by atoms with Crippen LogP contribution in [0.3, 0.4) is 0 Å². The van der Waals surface area contributed by atoms with E-state index in [0.717, 1.165) is 6.07 Å². The molecular formula is C13H15FN4O2. The fraction of sp³-hybridized carbons (Fsp3) is 0.231. The van der Waals surface area contributed by atoms with Gasteiger partial charge in [-0.1, -0.05) is 0 Å². The van der Waals surface area contributed by atoms with Crippen LogP contribution in [0.5, 0.6) is 0 Å². The van der Waals surface area contributed by atoms with E-state index in [1.165, 1.54) is 6.07 Å². The fourth-order valence-corrected chi connectivity index (χ4v) is 1.97. The number of hydrogen-bond donors (Lipinski definition) is 3. The van der Waals surface area contributed by atoms with E-state index in [0.29, 0.717) is 12.2 Å². The molecule has 0 spiro atoms. The highest BCUT2D eigenvalue weighted by Gasteiger charge is 2.18. The third-order valence-corrected chi connectivity index (χ3v) is 2.85. The van der Waals surface area contributed by atoms with Gasteiger partial charge in [0, 0.05) is 25.0 Å². The molecule has 0 bridgehead atoms. The van der Waals surface area contributed by atoms with Crippen molar-refractivity contribution in [2.24, 2.45) is 0 Å². The van der Waals surface area contributed by atoms with Gasteiger partial charge in [0.05, 0.1) is 17.7 Å². The summed E-state index contributed by atoms with van der Waals surface area (Å²) < 4.78 is 15.2. The Morgan fingerprint density at radius 2 is 2.35 bits per heavy atom. The predicted molar refractivity (Wildman–Crippen MR) is 73.1 cm³/mol. The van der Waals surface area contributed by atoms with Gasteiger partial charge in [0.1, 0.15) is 11.4 Å². The van der Waals surface area contributed by atoms with Crippen molar-refractivity contribution >= 4 is 17.3 Å². The Balaban J connectivity index is 2.20. The van der Waals surface area contributed by atoms with E-state index in [-0.39, 0.29) is 17.3 Å². The number of carbonyl (C=O) groups is 1. The summed E-state index contributed by atoms with van der Waals surface area (Å²) in [5.74, 6) is -2.01. The maximum Gasteiger partial charge on any atom is 0.340 e. The summed E-state index contributed by atoms with van der Waals surface area (Å²) in [6, 6.07) is 2.44. The van der Waals surface area contributed by atoms with Crippen molar-refractivity contribution < 1.29 is 14.3 Å². The minimum Gasteiger partial charge on any atom is -0.478 e. The van der Waals surface area contributed by atoms with Crippen LogP contribution in [0.4, 0.5) is 15.8 Å². The molecule has 20 heavy (non-hydrogen) atoms. The summed E-state index contributed by atoms with van der Waals surface area (Å²) in [6.45, 7) is 2.47. The van der Waals surface area contributed by atoms with Gasteiger partial charge in [0.25, 0.3) is 0 Å². The maximum atomic E-state index is 13.3. The Morgan fingerprint density at radius 3 is 2.95 bits per heavy atom. The van der Waals surface area contributed by atoms with Crippen molar-refractivity contribution in [3.63, 3.8) is 0 Å². The first-order valence-electron chi connectivity index (χ1n) is 6.02. The molecule has 1 aromatic heterocycles. The quantitative estimate of drug-likeness (QED) is 0.725. The van der Waals surface area contributed by atoms with Gasteiger partial charge < -0.3 is 20.7 Å². The number of carboxylic acid groups (broad SMARTS) is 1. The molecule has 4 N–H and O–H groups in total. The predicted octanol–water partition coefficient (Wildman–Crippen LogP) is 1.80. The molecule has 0 aliphatic heterocycles. The minimum absolute atomic E-state index is 0.0767. The van der Waals surface area contributed by atoms with E-state index in [4.69, 9.17) is 10.8 Å². The molecule has 1 atom stereocenters. The summed E-state index contributed by atoms with van der Waals surface area (Å²) >= 11 is 0. The molecule has 106 valence electrons. The SMILES string of the molecule is CC(Cn1ccnc1)Nc1ccc(F)c(N)c1C(=O)O. The number of imidazole rings is 1. The molecule has 0 saturated carbocycles. The average molecular weight is 278 g/mol. The van der Waals surface area contributed by atoms with Gasteiger partial charge in [-0.15, -0.1) is 0 Å². The molecule has 0 fully saturated rings. The second-order valence-corrected chi connectivity index (χ2v) is 4.49. The van der Waals surface area contributed by atoms with Gasteiger partial charge in [-0.25, -0.2) is 14.2 Å². The number of nitrogens with zero attached hydrogens (tertiary/aromatic N) is 2. The summed E-state index contributed by atoms with van der Waals surface area (Å²) in [7, 11) is 0. The highest BCUT2D eigenvalue weighted by molar-refractivity contribution is 6.00. The van der Waals surface area contributed by atoms with Crippen LogP contribution in [0.15, 0.2) is 30.9 Å². The largest absolute Gasteiger partial charge is 0.478 e. The lowest BCUT2D eigenvalue weighted by Crippen LogP contribution is -2.23. The van der Waals surface area contributed by atoms with Gasteiger partial charge in [-0.05, 0) is 19.1 Å². The number of anilines is 2. The van der Waals surface area contributed by atoms with Gasteiger partial charge in [-0.3, -0.25) is 0 Å². The number of nitrogen functional groups attached to an aromatic ring is 1. The number of carboxylic acids is 1. The van der Waals surface area contributed by atoms with E-state index in [2.05, 4.69) is 10.3 Å². The molecule has 0 aliphatic rings. The number of nitrogens with one attached hydrogen (secondary N) is 1. The first-order valence-corrected chi connectivity index (χ1v) is 6.02. The fourth-order valence-electron chi connectivity index (χ4n) is 1.97. The van der Waals surface area contributed by atoms with E-state index >= 15 is 0 Å². The Labute approximate surface area is 115 Å². The van der Waals surface area contributed by atoms with Gasteiger partial charge in [-0.2, -0.15) is 0 Å². The summed E-state index contributed by atoms with van der Waals surface area (Å²) in [5.41, 5.74) is 5.17. The van der Waals surface area contributed by atoms with E-state index in [9.17, 15) is 9.18 Å². The maximum absolute atomic E-state index is 13.3. The Bertz CT molecular complexity index is 613. The zero-order valence-electron chi connectivity index (χ0n) is 10.9. The third-order valence-electron chi connectivity index (χ3n) is 2.85. The van der Waals surface area contributed by atoms with Crippen LogP contribution in [-0.2, 0) is 6.54 Å². The topological polar surface area (TPSA) is 93.2 Å². The van der Waals surface area contributed by atoms with E-state index in [1.807, 2.05) is 11.5 Å². The highest BCUT2D eigenvalue weighted by Crippen LogP contribution is 2.25. The third kappa shape index (κ3) is 2.87. The number of benzene rings is 1. The number of halogens is 1. The van der Waals surface area contributed by atoms with Crippen LogP contribution >= 0.6 is 0 Å². The lowest BCUT2D eigenvalue weighted by molar-refractivity contribution is 0.0698. The summed E-state index contributed by atoms with van der Waals surface area (Å²) in [5, 5.41) is 12.2.